The fourth-order valence-corrected chi connectivity index (χ4v) is 3.34. The number of carbonyl (C=O) groups excluding carboxylic acids is 2. The molecule has 0 saturated carbocycles. The van der Waals surface area contributed by atoms with E-state index in [-0.39, 0.29) is 16.6 Å². The van der Waals surface area contributed by atoms with E-state index in [0.717, 1.165) is 23.7 Å². The van der Waals surface area contributed by atoms with Gasteiger partial charge in [-0.25, -0.2) is 4.39 Å². The van der Waals surface area contributed by atoms with Crippen molar-refractivity contribution in [1.82, 2.24) is 4.98 Å². The fraction of sp³-hybridized carbons (Fsp3) is 0.0952. The van der Waals surface area contributed by atoms with Crippen molar-refractivity contribution in [3.05, 3.63) is 88.5 Å². The van der Waals surface area contributed by atoms with E-state index in [4.69, 9.17) is 11.6 Å². The van der Waals surface area contributed by atoms with Gasteiger partial charge in [-0.05, 0) is 48.4 Å². The summed E-state index contributed by atoms with van der Waals surface area (Å²) in [5.74, 6) is -1.28. The highest BCUT2D eigenvalue weighted by Crippen LogP contribution is 2.29. The topological polar surface area (TPSA) is 62.3 Å². The minimum Gasteiger partial charge on any atom is -0.321 e. The zero-order valence-electron chi connectivity index (χ0n) is 14.7. The van der Waals surface area contributed by atoms with Crippen LogP contribution in [0.1, 0.15) is 26.4 Å². The molecule has 7 heteroatoms. The molecule has 140 valence electrons. The molecule has 0 unspecified atom stereocenters. The number of fused-ring (bicyclic) bond motifs is 1. The smallest absolute Gasteiger partial charge is 0.274 e. The molecule has 28 heavy (non-hydrogen) atoms. The van der Waals surface area contributed by atoms with Crippen molar-refractivity contribution in [3.63, 3.8) is 0 Å². The van der Waals surface area contributed by atoms with Gasteiger partial charge in [-0.1, -0.05) is 29.8 Å². The molecular formula is C21H15ClFN3O2. The molecule has 0 aliphatic carbocycles. The van der Waals surface area contributed by atoms with E-state index in [0.29, 0.717) is 17.8 Å². The maximum atomic E-state index is 13.3. The highest BCUT2D eigenvalue weighted by Gasteiger charge is 2.25. The van der Waals surface area contributed by atoms with Crippen LogP contribution in [0, 0.1) is 5.82 Å². The Balaban J connectivity index is 1.55. The van der Waals surface area contributed by atoms with Crippen molar-refractivity contribution >= 4 is 34.8 Å². The molecule has 2 amide bonds. The molecule has 0 spiro atoms. The first-order valence-electron chi connectivity index (χ1n) is 8.65. The summed E-state index contributed by atoms with van der Waals surface area (Å²) < 4.78 is 13.3. The number of benzene rings is 2. The SMILES string of the molecule is O=C(Nc1ccc(F)c(Cl)c1)c1cc(C(=O)N2CCc3ccccc32)ccn1. The largest absolute Gasteiger partial charge is 0.321 e. The number of halogens is 2. The number of carbonyl (C=O) groups is 2. The van der Waals surface area contributed by atoms with E-state index in [9.17, 15) is 14.0 Å². The molecule has 2 aromatic carbocycles. The Morgan fingerprint density at radius 1 is 1.11 bits per heavy atom. The van der Waals surface area contributed by atoms with Gasteiger partial charge in [0.2, 0.25) is 0 Å². The molecule has 4 rings (SSSR count). The summed E-state index contributed by atoms with van der Waals surface area (Å²) in [5, 5.41) is 2.51. The first-order valence-corrected chi connectivity index (χ1v) is 9.03. The van der Waals surface area contributed by atoms with E-state index in [1.165, 1.54) is 24.4 Å². The van der Waals surface area contributed by atoms with Crippen LogP contribution < -0.4 is 10.2 Å². The van der Waals surface area contributed by atoms with Crippen molar-refractivity contribution in [3.8, 4) is 0 Å². The normalized spacial score (nSPS) is 12.6. The van der Waals surface area contributed by atoms with Crippen LogP contribution in [0.5, 0.6) is 0 Å². The Morgan fingerprint density at radius 2 is 1.93 bits per heavy atom. The second-order valence-electron chi connectivity index (χ2n) is 6.35. The van der Waals surface area contributed by atoms with Gasteiger partial charge in [-0.15, -0.1) is 0 Å². The van der Waals surface area contributed by atoms with Crippen molar-refractivity contribution < 1.29 is 14.0 Å². The van der Waals surface area contributed by atoms with Crippen LogP contribution in [0.15, 0.2) is 60.8 Å². The molecule has 1 aliphatic rings. The summed E-state index contributed by atoms with van der Waals surface area (Å²) in [6, 6.07) is 14.6. The molecule has 1 N–H and O–H groups in total. The lowest BCUT2D eigenvalue weighted by molar-refractivity contribution is 0.0989. The molecule has 3 aromatic rings. The third-order valence-corrected chi connectivity index (χ3v) is 4.84. The Kier molecular flexibility index (Phi) is 4.79. The number of hydrogen-bond acceptors (Lipinski definition) is 3. The quantitative estimate of drug-likeness (QED) is 0.718. The summed E-state index contributed by atoms with van der Waals surface area (Å²) in [7, 11) is 0. The van der Waals surface area contributed by atoms with Crippen LogP contribution in [-0.2, 0) is 6.42 Å². The summed E-state index contributed by atoms with van der Waals surface area (Å²) >= 11 is 5.73. The lowest BCUT2D eigenvalue weighted by Crippen LogP contribution is -2.29. The molecule has 1 aromatic heterocycles. The van der Waals surface area contributed by atoms with Gasteiger partial charge in [0.05, 0.1) is 5.02 Å². The molecule has 2 heterocycles. The second kappa shape index (κ2) is 7.40. The summed E-state index contributed by atoms with van der Waals surface area (Å²) in [6.45, 7) is 0.593. The Bertz CT molecular complexity index is 1090. The number of hydrogen-bond donors (Lipinski definition) is 1. The van der Waals surface area contributed by atoms with Gasteiger partial charge in [0.25, 0.3) is 11.8 Å². The summed E-state index contributed by atoms with van der Waals surface area (Å²) in [5.41, 5.74) is 2.79. The van der Waals surface area contributed by atoms with E-state index in [1.54, 1.807) is 11.0 Å². The van der Waals surface area contributed by atoms with Crippen LogP contribution in [0.3, 0.4) is 0 Å². The summed E-state index contributed by atoms with van der Waals surface area (Å²) in [6.07, 6.45) is 2.22. The highest BCUT2D eigenvalue weighted by atomic mass is 35.5. The number of pyridine rings is 1. The number of nitrogens with one attached hydrogen (secondary N) is 1. The second-order valence-corrected chi connectivity index (χ2v) is 6.76. The van der Waals surface area contributed by atoms with Gasteiger partial charge in [-0.3, -0.25) is 14.6 Å². The first kappa shape index (κ1) is 18.1. The van der Waals surface area contributed by atoms with Crippen LogP contribution >= 0.6 is 11.6 Å². The predicted octanol–water partition coefficient (Wildman–Crippen LogP) is 4.33. The summed E-state index contributed by atoms with van der Waals surface area (Å²) in [4.78, 5) is 31.1. The standard InChI is InChI=1S/C21H15ClFN3O2/c22-16-12-15(5-6-17(16)23)25-20(27)18-11-14(7-9-24-18)21(28)26-10-8-13-3-1-2-4-19(13)26/h1-7,9,11-12H,8,10H2,(H,25,27). The molecule has 0 atom stereocenters. The van der Waals surface area contributed by atoms with Gasteiger partial charge in [0.15, 0.2) is 0 Å². The first-order chi connectivity index (χ1) is 13.5. The van der Waals surface area contributed by atoms with E-state index in [2.05, 4.69) is 10.3 Å². The minimum absolute atomic E-state index is 0.0822. The molecule has 5 nitrogen and oxygen atoms in total. The molecule has 0 saturated heterocycles. The molecular weight excluding hydrogens is 381 g/mol. The van der Waals surface area contributed by atoms with Crippen LogP contribution in [0.4, 0.5) is 15.8 Å². The van der Waals surface area contributed by atoms with E-state index < -0.39 is 11.7 Å². The van der Waals surface area contributed by atoms with Gasteiger partial charge >= 0.3 is 0 Å². The Hall–Kier alpha value is -3.25. The zero-order chi connectivity index (χ0) is 19.7. The van der Waals surface area contributed by atoms with Crippen molar-refractivity contribution in [2.75, 3.05) is 16.8 Å². The fourth-order valence-electron chi connectivity index (χ4n) is 3.16. The van der Waals surface area contributed by atoms with Gasteiger partial charge in [0.1, 0.15) is 11.5 Å². The van der Waals surface area contributed by atoms with Crippen LogP contribution in [-0.4, -0.2) is 23.3 Å². The third-order valence-electron chi connectivity index (χ3n) is 4.55. The number of nitrogens with zero attached hydrogens (tertiary/aromatic N) is 2. The monoisotopic (exact) mass is 395 g/mol. The number of para-hydroxylation sites is 1. The van der Waals surface area contributed by atoms with Crippen molar-refractivity contribution in [2.45, 2.75) is 6.42 Å². The predicted molar refractivity (Wildman–Crippen MR) is 105 cm³/mol. The molecule has 0 radical (unpaired) electrons. The van der Waals surface area contributed by atoms with Gasteiger partial charge in [0, 0.05) is 29.7 Å². The Labute approximate surface area is 165 Å². The minimum atomic E-state index is -0.573. The van der Waals surface area contributed by atoms with Gasteiger partial charge in [-0.2, -0.15) is 0 Å². The lowest BCUT2D eigenvalue weighted by atomic mass is 10.1. The molecule has 0 fully saturated rings. The van der Waals surface area contributed by atoms with Crippen LogP contribution in [0.2, 0.25) is 5.02 Å². The number of amides is 2. The Morgan fingerprint density at radius 3 is 2.75 bits per heavy atom. The highest BCUT2D eigenvalue weighted by molar-refractivity contribution is 6.31. The van der Waals surface area contributed by atoms with Gasteiger partial charge < -0.3 is 10.2 Å². The van der Waals surface area contributed by atoms with E-state index in [1.807, 2.05) is 24.3 Å². The maximum absolute atomic E-state index is 13.3. The molecule has 1 aliphatic heterocycles. The van der Waals surface area contributed by atoms with Crippen molar-refractivity contribution in [1.29, 1.82) is 0 Å². The third kappa shape index (κ3) is 3.46. The number of anilines is 2. The molecule has 0 bridgehead atoms. The van der Waals surface area contributed by atoms with Crippen LogP contribution in [0.25, 0.3) is 0 Å². The number of aromatic nitrogens is 1. The zero-order valence-corrected chi connectivity index (χ0v) is 15.4. The maximum Gasteiger partial charge on any atom is 0.274 e. The van der Waals surface area contributed by atoms with E-state index >= 15 is 0 Å². The average molecular weight is 396 g/mol. The van der Waals surface area contributed by atoms with Crippen molar-refractivity contribution in [2.24, 2.45) is 0 Å². The number of rotatable bonds is 3. The lowest BCUT2D eigenvalue weighted by Gasteiger charge is -2.17. The average Bonchev–Trinajstić information content (AvgIpc) is 3.14.